The van der Waals surface area contributed by atoms with E-state index >= 15 is 0 Å². The maximum Gasteiger partial charge on any atom is 0.133 e. The van der Waals surface area contributed by atoms with Crippen LogP contribution in [-0.2, 0) is 16.1 Å². The minimum absolute atomic E-state index is 0.0109. The number of ether oxygens (including phenoxy) is 2. The van der Waals surface area contributed by atoms with Gasteiger partial charge in [0.25, 0.3) is 0 Å². The van der Waals surface area contributed by atoms with Crippen molar-refractivity contribution >= 4 is 17.2 Å². The van der Waals surface area contributed by atoms with E-state index in [4.69, 9.17) is 27.4 Å². The molecular weight excluding hydrogens is 253 g/mol. The van der Waals surface area contributed by atoms with E-state index in [1.54, 1.807) is 12.1 Å². The van der Waals surface area contributed by atoms with Crippen molar-refractivity contribution in [1.29, 1.82) is 0 Å². The summed E-state index contributed by atoms with van der Waals surface area (Å²) in [6.07, 6.45) is -0.0109. The number of benzene rings is 1. The molecule has 18 heavy (non-hydrogen) atoms. The van der Waals surface area contributed by atoms with Crippen LogP contribution in [0.1, 0.15) is 25.0 Å². The molecule has 3 nitrogen and oxygen atoms in total. The van der Waals surface area contributed by atoms with Crippen LogP contribution in [0, 0.1) is 5.82 Å². The van der Waals surface area contributed by atoms with E-state index < -0.39 is 5.82 Å². The van der Waals surface area contributed by atoms with Gasteiger partial charge in [-0.2, -0.15) is 0 Å². The predicted octanol–water partition coefficient (Wildman–Crippen LogP) is 2.40. The third-order valence-corrected chi connectivity index (χ3v) is 2.61. The first-order chi connectivity index (χ1) is 8.54. The van der Waals surface area contributed by atoms with E-state index in [2.05, 4.69) is 0 Å². The van der Waals surface area contributed by atoms with Gasteiger partial charge in [-0.1, -0.05) is 18.3 Å². The van der Waals surface area contributed by atoms with Crippen LogP contribution in [0.25, 0.3) is 0 Å². The topological polar surface area (TPSA) is 44.5 Å². The van der Waals surface area contributed by atoms with Gasteiger partial charge in [-0.15, -0.1) is 0 Å². The number of halogens is 1. The minimum Gasteiger partial charge on any atom is -0.389 e. The molecule has 0 saturated carbocycles. The fourth-order valence-corrected chi connectivity index (χ4v) is 1.58. The molecule has 0 saturated heterocycles. The molecule has 0 heterocycles. The second-order valence-electron chi connectivity index (χ2n) is 3.96. The highest BCUT2D eigenvalue weighted by Crippen LogP contribution is 2.12. The molecule has 2 N–H and O–H groups in total. The lowest BCUT2D eigenvalue weighted by Crippen LogP contribution is -2.16. The normalized spacial score (nSPS) is 12.4. The average molecular weight is 271 g/mol. The zero-order valence-electron chi connectivity index (χ0n) is 10.6. The lowest BCUT2D eigenvalue weighted by atomic mass is 10.1. The first-order valence-corrected chi connectivity index (χ1v) is 6.23. The Morgan fingerprint density at radius 3 is 2.83 bits per heavy atom. The maximum atomic E-state index is 13.4. The molecule has 1 rings (SSSR count). The van der Waals surface area contributed by atoms with Crippen LogP contribution >= 0.6 is 12.2 Å². The summed E-state index contributed by atoms with van der Waals surface area (Å²) in [5, 5.41) is 0. The second kappa shape index (κ2) is 7.41. The van der Waals surface area contributed by atoms with Gasteiger partial charge in [-0.05, 0) is 31.5 Å². The molecule has 0 fully saturated rings. The molecule has 5 heteroatoms. The third kappa shape index (κ3) is 4.68. The van der Waals surface area contributed by atoms with Gasteiger partial charge in [0.15, 0.2) is 0 Å². The molecule has 0 spiro atoms. The highest BCUT2D eigenvalue weighted by Gasteiger charge is 2.08. The zero-order valence-corrected chi connectivity index (χ0v) is 11.4. The van der Waals surface area contributed by atoms with Crippen molar-refractivity contribution in [3.8, 4) is 0 Å². The summed E-state index contributed by atoms with van der Waals surface area (Å²) in [6, 6.07) is 4.62. The minimum atomic E-state index is -0.409. The van der Waals surface area contributed by atoms with E-state index in [0.29, 0.717) is 19.8 Å². The van der Waals surface area contributed by atoms with Gasteiger partial charge in [0.2, 0.25) is 0 Å². The summed E-state index contributed by atoms with van der Waals surface area (Å²) >= 11 is 4.78. The standard InChI is InChI=1S/C13H18FNO2S/c1-3-16-7-9(2)17-8-10-4-5-12(14)11(6-10)13(15)18/h4-6,9H,3,7-8H2,1-2H3,(H2,15,18). The van der Waals surface area contributed by atoms with E-state index in [0.717, 1.165) is 5.56 Å². The fourth-order valence-electron chi connectivity index (χ4n) is 1.42. The Bertz CT molecular complexity index is 412. The summed E-state index contributed by atoms with van der Waals surface area (Å²) in [4.78, 5) is 0.0525. The van der Waals surface area contributed by atoms with Gasteiger partial charge < -0.3 is 15.2 Å². The van der Waals surface area contributed by atoms with Crippen LogP contribution in [0.15, 0.2) is 18.2 Å². The predicted molar refractivity (Wildman–Crippen MR) is 73.0 cm³/mol. The fraction of sp³-hybridized carbons (Fsp3) is 0.462. The van der Waals surface area contributed by atoms with Crippen molar-refractivity contribution < 1.29 is 13.9 Å². The summed E-state index contributed by atoms with van der Waals surface area (Å²) in [5.41, 5.74) is 6.52. The largest absolute Gasteiger partial charge is 0.389 e. The molecule has 0 aliphatic heterocycles. The number of thiocarbonyl (C=S) groups is 1. The van der Waals surface area contributed by atoms with Gasteiger partial charge in [0.1, 0.15) is 10.8 Å². The molecular formula is C13H18FNO2S. The number of hydrogen-bond acceptors (Lipinski definition) is 3. The van der Waals surface area contributed by atoms with Crippen LogP contribution in [0.3, 0.4) is 0 Å². The van der Waals surface area contributed by atoms with E-state index in [9.17, 15) is 4.39 Å². The third-order valence-electron chi connectivity index (χ3n) is 2.39. The maximum absolute atomic E-state index is 13.4. The Morgan fingerprint density at radius 1 is 1.50 bits per heavy atom. The van der Waals surface area contributed by atoms with Gasteiger partial charge >= 0.3 is 0 Å². The van der Waals surface area contributed by atoms with Crippen molar-refractivity contribution in [3.63, 3.8) is 0 Å². The lowest BCUT2D eigenvalue weighted by molar-refractivity contribution is -0.0116. The van der Waals surface area contributed by atoms with E-state index in [1.807, 2.05) is 13.8 Å². The molecule has 0 aliphatic carbocycles. The Morgan fingerprint density at radius 2 is 2.22 bits per heavy atom. The van der Waals surface area contributed by atoms with Gasteiger partial charge in [-0.25, -0.2) is 4.39 Å². The SMILES string of the molecule is CCOCC(C)OCc1ccc(F)c(C(N)=S)c1. The summed E-state index contributed by atoms with van der Waals surface area (Å²) in [6.45, 7) is 5.44. The number of hydrogen-bond donors (Lipinski definition) is 1. The highest BCUT2D eigenvalue weighted by atomic mass is 32.1. The summed E-state index contributed by atoms with van der Waals surface area (Å²) in [5.74, 6) is -0.409. The van der Waals surface area contributed by atoms with Crippen LogP contribution in [0.4, 0.5) is 4.39 Å². The number of nitrogens with two attached hydrogens (primary N) is 1. The van der Waals surface area contributed by atoms with Gasteiger partial charge in [0, 0.05) is 12.2 Å². The molecule has 1 atom stereocenters. The molecule has 0 aliphatic rings. The Hall–Kier alpha value is -1.04. The monoisotopic (exact) mass is 271 g/mol. The summed E-state index contributed by atoms with van der Waals surface area (Å²) < 4.78 is 24.2. The van der Waals surface area contributed by atoms with Crippen LogP contribution in [0.2, 0.25) is 0 Å². The molecule has 0 amide bonds. The van der Waals surface area contributed by atoms with Crippen LogP contribution in [0.5, 0.6) is 0 Å². The number of rotatable bonds is 7. The molecule has 0 bridgehead atoms. The molecule has 1 unspecified atom stereocenters. The van der Waals surface area contributed by atoms with E-state index in [-0.39, 0.29) is 16.7 Å². The van der Waals surface area contributed by atoms with Gasteiger partial charge in [-0.3, -0.25) is 0 Å². The average Bonchev–Trinajstić information content (AvgIpc) is 2.35. The second-order valence-corrected chi connectivity index (χ2v) is 4.40. The first-order valence-electron chi connectivity index (χ1n) is 5.82. The molecule has 1 aromatic carbocycles. The Labute approximate surface area is 112 Å². The lowest BCUT2D eigenvalue weighted by Gasteiger charge is -2.13. The Balaban J connectivity index is 2.57. The smallest absolute Gasteiger partial charge is 0.133 e. The molecule has 0 aromatic heterocycles. The van der Waals surface area contributed by atoms with Crippen molar-refractivity contribution in [2.75, 3.05) is 13.2 Å². The molecule has 100 valence electrons. The summed E-state index contributed by atoms with van der Waals surface area (Å²) in [7, 11) is 0. The highest BCUT2D eigenvalue weighted by molar-refractivity contribution is 7.80. The Kier molecular flexibility index (Phi) is 6.18. The van der Waals surface area contributed by atoms with Crippen LogP contribution < -0.4 is 5.73 Å². The molecule has 0 radical (unpaired) electrons. The van der Waals surface area contributed by atoms with Crippen molar-refractivity contribution in [2.45, 2.75) is 26.6 Å². The quantitative estimate of drug-likeness (QED) is 0.773. The van der Waals surface area contributed by atoms with E-state index in [1.165, 1.54) is 6.07 Å². The zero-order chi connectivity index (χ0) is 13.5. The van der Waals surface area contributed by atoms with Crippen molar-refractivity contribution in [2.24, 2.45) is 5.73 Å². The van der Waals surface area contributed by atoms with Gasteiger partial charge in [0.05, 0.1) is 19.3 Å². The van der Waals surface area contributed by atoms with Crippen molar-refractivity contribution in [1.82, 2.24) is 0 Å². The first kappa shape index (κ1) is 15.0. The van der Waals surface area contributed by atoms with Crippen LogP contribution in [-0.4, -0.2) is 24.3 Å². The van der Waals surface area contributed by atoms with Crippen molar-refractivity contribution in [3.05, 3.63) is 35.1 Å². The molecule has 1 aromatic rings.